The third kappa shape index (κ3) is 3.75. The predicted octanol–water partition coefficient (Wildman–Crippen LogP) is 3.22. The topological polar surface area (TPSA) is 71.3 Å². The van der Waals surface area contributed by atoms with Crippen LogP contribution in [0, 0.1) is 12.3 Å². The zero-order valence-corrected chi connectivity index (χ0v) is 17.2. The van der Waals surface area contributed by atoms with E-state index in [1.165, 1.54) is 17.4 Å². The van der Waals surface area contributed by atoms with Crippen molar-refractivity contribution in [3.8, 4) is 35.3 Å². The van der Waals surface area contributed by atoms with Crippen LogP contribution in [0.1, 0.15) is 5.56 Å². The largest absolute Gasteiger partial charge is 0.493 e. The van der Waals surface area contributed by atoms with E-state index in [-0.39, 0.29) is 13.3 Å². The van der Waals surface area contributed by atoms with Crippen LogP contribution in [0.4, 0.5) is 0 Å². The van der Waals surface area contributed by atoms with Gasteiger partial charge in [-0.2, -0.15) is 4.99 Å². The zero-order valence-electron chi connectivity index (χ0n) is 16.4. The Labute approximate surface area is 176 Å². The van der Waals surface area contributed by atoms with Crippen LogP contribution in [0.5, 0.6) is 23.0 Å². The van der Waals surface area contributed by atoms with Gasteiger partial charge in [0.25, 0.3) is 5.91 Å². The highest BCUT2D eigenvalue weighted by Crippen LogP contribution is 2.37. The summed E-state index contributed by atoms with van der Waals surface area (Å²) in [4.78, 5) is 17.2. The maximum absolute atomic E-state index is 12.5. The van der Waals surface area contributed by atoms with Crippen molar-refractivity contribution in [2.45, 2.75) is 6.54 Å². The van der Waals surface area contributed by atoms with Crippen molar-refractivity contribution >= 4 is 33.5 Å². The lowest BCUT2D eigenvalue weighted by Gasteiger charge is -2.07. The van der Waals surface area contributed by atoms with Crippen LogP contribution in [0.2, 0.25) is 0 Å². The number of carbonyl (C=O) groups is 1. The molecule has 1 aromatic heterocycles. The molecule has 0 spiro atoms. The lowest BCUT2D eigenvalue weighted by Crippen LogP contribution is -2.15. The Bertz CT molecular complexity index is 1260. The molecule has 0 saturated heterocycles. The molecule has 2 heterocycles. The number of rotatable bonds is 5. The summed E-state index contributed by atoms with van der Waals surface area (Å²) in [6.45, 7) is 0.476. The summed E-state index contributed by atoms with van der Waals surface area (Å²) >= 11 is 1.36. The molecule has 0 fully saturated rings. The lowest BCUT2D eigenvalue weighted by molar-refractivity contribution is -0.113. The molecule has 0 radical (unpaired) electrons. The number of hydrogen-bond acceptors (Lipinski definition) is 6. The summed E-state index contributed by atoms with van der Waals surface area (Å²) in [6, 6.07) is 9.11. The highest BCUT2D eigenvalue weighted by atomic mass is 32.1. The van der Waals surface area contributed by atoms with E-state index in [4.69, 9.17) is 25.4 Å². The standard InChI is InChI=1S/C22H18N2O5S/c1-4-9-24-15-11-18-19(29-13-28-18)12-20(15)30-22(24)23-21(25)8-6-14-5-7-16(26-2)17(10-14)27-3/h1,5-8,10-12H,9,13H2,2-3H3. The molecule has 1 aliphatic heterocycles. The molecule has 0 N–H and O–H groups in total. The van der Waals surface area contributed by atoms with E-state index < -0.39 is 5.91 Å². The molecule has 4 rings (SSSR count). The predicted molar refractivity (Wildman–Crippen MR) is 114 cm³/mol. The second-order valence-electron chi connectivity index (χ2n) is 6.25. The molecule has 3 aromatic rings. The van der Waals surface area contributed by atoms with Gasteiger partial charge >= 0.3 is 0 Å². The molecule has 0 atom stereocenters. The van der Waals surface area contributed by atoms with Crippen LogP contribution in [-0.4, -0.2) is 31.5 Å². The summed E-state index contributed by atoms with van der Waals surface area (Å²) in [6.07, 6.45) is 8.59. The molecular formula is C22H18N2O5S. The third-order valence-electron chi connectivity index (χ3n) is 4.46. The van der Waals surface area contributed by atoms with Gasteiger partial charge in [-0.25, -0.2) is 0 Å². The number of amides is 1. The molecular weight excluding hydrogens is 404 g/mol. The van der Waals surface area contributed by atoms with Gasteiger partial charge in [0, 0.05) is 18.2 Å². The first-order valence-electron chi connectivity index (χ1n) is 8.98. The molecule has 1 amide bonds. The first-order chi connectivity index (χ1) is 14.6. The smallest absolute Gasteiger partial charge is 0.272 e. The quantitative estimate of drug-likeness (QED) is 0.466. The van der Waals surface area contributed by atoms with Crippen molar-refractivity contribution in [1.82, 2.24) is 4.57 Å². The second-order valence-corrected chi connectivity index (χ2v) is 7.25. The van der Waals surface area contributed by atoms with Crippen molar-refractivity contribution in [3.05, 3.63) is 46.8 Å². The van der Waals surface area contributed by atoms with E-state index in [0.29, 0.717) is 27.8 Å². The van der Waals surface area contributed by atoms with E-state index in [1.54, 1.807) is 32.4 Å². The van der Waals surface area contributed by atoms with Crippen LogP contribution in [0.3, 0.4) is 0 Å². The monoisotopic (exact) mass is 422 g/mol. The fraction of sp³-hybridized carbons (Fsp3) is 0.182. The number of terminal acetylenes is 1. The van der Waals surface area contributed by atoms with Crippen LogP contribution >= 0.6 is 11.3 Å². The minimum Gasteiger partial charge on any atom is -0.493 e. The molecule has 30 heavy (non-hydrogen) atoms. The van der Waals surface area contributed by atoms with Crippen LogP contribution < -0.4 is 23.7 Å². The van der Waals surface area contributed by atoms with E-state index in [2.05, 4.69) is 10.9 Å². The zero-order chi connectivity index (χ0) is 21.1. The van der Waals surface area contributed by atoms with Crippen molar-refractivity contribution in [3.63, 3.8) is 0 Å². The maximum Gasteiger partial charge on any atom is 0.272 e. The number of hydrogen-bond donors (Lipinski definition) is 0. The SMILES string of the molecule is C#CCn1c(=NC(=O)C=Cc2ccc(OC)c(OC)c2)sc2cc3c(cc21)OCO3. The number of aromatic nitrogens is 1. The molecule has 0 aliphatic carbocycles. The fourth-order valence-electron chi connectivity index (χ4n) is 3.04. The van der Waals surface area contributed by atoms with Gasteiger partial charge in [0.1, 0.15) is 0 Å². The second kappa shape index (κ2) is 8.35. The van der Waals surface area contributed by atoms with Crippen LogP contribution in [0.25, 0.3) is 16.3 Å². The number of nitrogens with zero attached hydrogens (tertiary/aromatic N) is 2. The summed E-state index contributed by atoms with van der Waals surface area (Å²) in [5.41, 5.74) is 1.63. The first kappa shape index (κ1) is 19.6. The van der Waals surface area contributed by atoms with Gasteiger partial charge in [0.2, 0.25) is 6.79 Å². The van der Waals surface area contributed by atoms with Crippen molar-refractivity contribution in [2.24, 2.45) is 4.99 Å². The van der Waals surface area contributed by atoms with Crippen molar-refractivity contribution in [1.29, 1.82) is 0 Å². The van der Waals surface area contributed by atoms with Gasteiger partial charge < -0.3 is 23.5 Å². The highest BCUT2D eigenvalue weighted by molar-refractivity contribution is 7.16. The molecule has 1 aliphatic rings. The molecule has 7 nitrogen and oxygen atoms in total. The molecule has 0 bridgehead atoms. The van der Waals surface area contributed by atoms with Crippen LogP contribution in [-0.2, 0) is 11.3 Å². The average Bonchev–Trinajstić information content (AvgIpc) is 3.34. The summed E-state index contributed by atoms with van der Waals surface area (Å²) < 4.78 is 24.1. The molecule has 8 heteroatoms. The Balaban J connectivity index is 1.67. The van der Waals surface area contributed by atoms with Crippen molar-refractivity contribution < 1.29 is 23.7 Å². The Hall–Kier alpha value is -3.70. The molecule has 2 aromatic carbocycles. The highest BCUT2D eigenvalue weighted by Gasteiger charge is 2.17. The first-order valence-corrected chi connectivity index (χ1v) is 9.80. The number of methoxy groups -OCH3 is 2. The number of thiazole rings is 1. The Morgan fingerprint density at radius 2 is 2.00 bits per heavy atom. The van der Waals surface area contributed by atoms with Gasteiger partial charge in [-0.1, -0.05) is 23.3 Å². The Kier molecular flexibility index (Phi) is 5.46. The number of ether oxygens (including phenoxy) is 4. The third-order valence-corrected chi connectivity index (χ3v) is 5.50. The van der Waals surface area contributed by atoms with E-state index in [9.17, 15) is 4.79 Å². The number of benzene rings is 2. The van der Waals surface area contributed by atoms with E-state index in [0.717, 1.165) is 15.8 Å². The normalized spacial score (nSPS) is 13.0. The van der Waals surface area contributed by atoms with Gasteiger partial charge in [0.05, 0.1) is 31.0 Å². The Morgan fingerprint density at radius 3 is 2.73 bits per heavy atom. The molecule has 152 valence electrons. The summed E-state index contributed by atoms with van der Waals surface area (Å²) in [7, 11) is 3.13. The fourth-order valence-corrected chi connectivity index (χ4v) is 4.09. The summed E-state index contributed by atoms with van der Waals surface area (Å²) in [5, 5.41) is 0. The Morgan fingerprint density at radius 1 is 1.23 bits per heavy atom. The minimum atomic E-state index is -0.401. The van der Waals surface area contributed by atoms with Gasteiger partial charge in [-0.3, -0.25) is 4.79 Å². The molecule has 0 unspecified atom stereocenters. The number of carbonyl (C=O) groups excluding carboxylic acids is 1. The van der Waals surface area contributed by atoms with E-state index >= 15 is 0 Å². The lowest BCUT2D eigenvalue weighted by atomic mass is 10.2. The van der Waals surface area contributed by atoms with E-state index in [1.807, 2.05) is 22.8 Å². The molecule has 0 saturated carbocycles. The van der Waals surface area contributed by atoms with Gasteiger partial charge in [-0.05, 0) is 23.8 Å². The van der Waals surface area contributed by atoms with Gasteiger partial charge in [0.15, 0.2) is 27.8 Å². The van der Waals surface area contributed by atoms with Crippen LogP contribution in [0.15, 0.2) is 41.4 Å². The maximum atomic E-state index is 12.5. The number of fused-ring (bicyclic) bond motifs is 2. The summed E-state index contributed by atoms with van der Waals surface area (Å²) in [5.74, 6) is 4.72. The average molecular weight is 422 g/mol. The minimum absolute atomic E-state index is 0.193. The van der Waals surface area contributed by atoms with Gasteiger partial charge in [-0.15, -0.1) is 6.42 Å². The van der Waals surface area contributed by atoms with Crippen molar-refractivity contribution in [2.75, 3.05) is 21.0 Å².